The average molecular weight is 287 g/mol. The minimum absolute atomic E-state index is 0.198. The van der Waals surface area contributed by atoms with Gasteiger partial charge < -0.3 is 5.32 Å². The Labute approximate surface area is 114 Å². The fraction of sp³-hybridized carbons (Fsp3) is 0.692. The summed E-state index contributed by atoms with van der Waals surface area (Å²) in [6.45, 7) is 5.17. The molecule has 5 heteroatoms. The van der Waals surface area contributed by atoms with E-state index in [1.807, 2.05) is 11.4 Å². The van der Waals surface area contributed by atoms with Crippen LogP contribution in [0.15, 0.2) is 21.7 Å². The summed E-state index contributed by atoms with van der Waals surface area (Å²) in [7, 11) is -3.12. The first-order chi connectivity index (χ1) is 8.57. The van der Waals surface area contributed by atoms with E-state index in [-0.39, 0.29) is 11.2 Å². The zero-order valence-corrected chi connectivity index (χ0v) is 12.6. The molecule has 1 fully saturated rings. The van der Waals surface area contributed by atoms with Crippen LogP contribution in [-0.4, -0.2) is 26.3 Å². The predicted molar refractivity (Wildman–Crippen MR) is 75.8 cm³/mol. The minimum atomic E-state index is -3.12. The van der Waals surface area contributed by atoms with Gasteiger partial charge in [-0.05, 0) is 43.2 Å². The molecule has 102 valence electrons. The van der Waals surface area contributed by atoms with Gasteiger partial charge >= 0.3 is 0 Å². The lowest BCUT2D eigenvalue weighted by atomic mass is 10.1. The second-order valence-corrected chi connectivity index (χ2v) is 8.35. The fourth-order valence-electron chi connectivity index (χ4n) is 2.76. The maximum Gasteiger partial charge on any atom is 0.190 e. The van der Waals surface area contributed by atoms with Crippen molar-refractivity contribution in [3.8, 4) is 0 Å². The van der Waals surface area contributed by atoms with Crippen molar-refractivity contribution >= 4 is 21.2 Å². The number of nitrogens with one attached hydrogen (secondary N) is 1. The third-order valence-electron chi connectivity index (χ3n) is 3.81. The molecule has 1 saturated carbocycles. The molecule has 3 nitrogen and oxygen atoms in total. The lowest BCUT2D eigenvalue weighted by molar-refractivity contribution is 0.425. The van der Waals surface area contributed by atoms with Gasteiger partial charge in [0, 0.05) is 6.04 Å². The van der Waals surface area contributed by atoms with Crippen molar-refractivity contribution in [3.05, 3.63) is 17.5 Å². The normalized spacial score (nSPS) is 28.7. The monoisotopic (exact) mass is 287 g/mol. The highest BCUT2D eigenvalue weighted by atomic mass is 32.2. The van der Waals surface area contributed by atoms with Gasteiger partial charge in [0.2, 0.25) is 0 Å². The van der Waals surface area contributed by atoms with E-state index in [1.165, 1.54) is 11.3 Å². The summed E-state index contributed by atoms with van der Waals surface area (Å²) >= 11 is 1.33. The molecule has 1 aliphatic carbocycles. The number of hydrogen-bond acceptors (Lipinski definition) is 4. The van der Waals surface area contributed by atoms with Crippen LogP contribution in [0, 0.1) is 5.92 Å². The van der Waals surface area contributed by atoms with E-state index in [9.17, 15) is 8.42 Å². The SMILES string of the molecule is CCCNC1CCC(S(=O)(=O)c2cccs2)C1C. The van der Waals surface area contributed by atoms with Gasteiger partial charge in [0.25, 0.3) is 0 Å². The number of sulfone groups is 1. The maximum absolute atomic E-state index is 12.5. The molecular formula is C13H21NO2S2. The molecule has 1 N–H and O–H groups in total. The Morgan fingerprint density at radius 3 is 2.83 bits per heavy atom. The average Bonchev–Trinajstić information content (AvgIpc) is 2.96. The molecule has 0 radical (unpaired) electrons. The van der Waals surface area contributed by atoms with Gasteiger partial charge in [-0.15, -0.1) is 11.3 Å². The summed E-state index contributed by atoms with van der Waals surface area (Å²) in [6.07, 6.45) is 2.84. The Kier molecular flexibility index (Phi) is 4.45. The third-order valence-corrected chi connectivity index (χ3v) is 7.62. The zero-order chi connectivity index (χ0) is 13.2. The quantitative estimate of drug-likeness (QED) is 0.905. The molecule has 0 saturated heterocycles. The summed E-state index contributed by atoms with van der Waals surface area (Å²) < 4.78 is 25.5. The van der Waals surface area contributed by atoms with Gasteiger partial charge in [0.1, 0.15) is 4.21 Å². The standard InChI is InChI=1S/C13H21NO2S2/c1-3-8-14-11-6-7-12(10(11)2)18(15,16)13-5-4-9-17-13/h4-5,9-12,14H,3,6-8H2,1-2H3. The van der Waals surface area contributed by atoms with Gasteiger partial charge in [-0.1, -0.05) is 19.9 Å². The van der Waals surface area contributed by atoms with Crippen molar-refractivity contribution in [3.63, 3.8) is 0 Å². The van der Waals surface area contributed by atoms with Crippen LogP contribution in [0.25, 0.3) is 0 Å². The van der Waals surface area contributed by atoms with E-state index < -0.39 is 9.84 Å². The summed E-state index contributed by atoms with van der Waals surface area (Å²) in [5, 5.41) is 5.08. The van der Waals surface area contributed by atoms with Crippen LogP contribution in [-0.2, 0) is 9.84 Å². The molecule has 0 spiro atoms. The molecule has 18 heavy (non-hydrogen) atoms. The molecule has 3 atom stereocenters. The smallest absolute Gasteiger partial charge is 0.190 e. The Balaban J connectivity index is 2.11. The van der Waals surface area contributed by atoms with E-state index in [0.717, 1.165) is 25.8 Å². The second kappa shape index (κ2) is 5.72. The van der Waals surface area contributed by atoms with E-state index in [2.05, 4.69) is 19.2 Å². The lowest BCUT2D eigenvalue weighted by Crippen LogP contribution is -2.36. The molecule has 0 amide bonds. The minimum Gasteiger partial charge on any atom is -0.314 e. The van der Waals surface area contributed by atoms with Crippen LogP contribution < -0.4 is 5.32 Å². The maximum atomic E-state index is 12.5. The van der Waals surface area contributed by atoms with Gasteiger partial charge in [0.05, 0.1) is 5.25 Å². The summed E-state index contributed by atoms with van der Waals surface area (Å²) in [4.78, 5) is 0. The van der Waals surface area contributed by atoms with Gasteiger partial charge in [-0.2, -0.15) is 0 Å². The van der Waals surface area contributed by atoms with Crippen molar-refractivity contribution in [2.45, 2.75) is 48.6 Å². The van der Waals surface area contributed by atoms with Crippen LogP contribution in [0.5, 0.6) is 0 Å². The van der Waals surface area contributed by atoms with Gasteiger partial charge in [0.15, 0.2) is 9.84 Å². The van der Waals surface area contributed by atoms with Crippen LogP contribution in [0.2, 0.25) is 0 Å². The zero-order valence-electron chi connectivity index (χ0n) is 10.9. The molecule has 0 aliphatic heterocycles. The largest absolute Gasteiger partial charge is 0.314 e. The molecule has 1 heterocycles. The first kappa shape index (κ1) is 14.0. The van der Waals surface area contributed by atoms with E-state index in [0.29, 0.717) is 10.3 Å². The molecule has 0 aromatic carbocycles. The highest BCUT2D eigenvalue weighted by Gasteiger charge is 2.41. The first-order valence-corrected chi connectivity index (χ1v) is 9.00. The second-order valence-electron chi connectivity index (χ2n) is 5.01. The Morgan fingerprint density at radius 2 is 2.22 bits per heavy atom. The Morgan fingerprint density at radius 1 is 1.44 bits per heavy atom. The number of rotatable bonds is 5. The molecule has 1 aliphatic rings. The fourth-order valence-corrected chi connectivity index (χ4v) is 6.05. The Hall–Kier alpha value is -0.390. The first-order valence-electron chi connectivity index (χ1n) is 6.58. The molecule has 1 aromatic rings. The van der Waals surface area contributed by atoms with Crippen molar-refractivity contribution in [2.75, 3.05) is 6.54 Å². The predicted octanol–water partition coefficient (Wildman–Crippen LogP) is 2.69. The van der Waals surface area contributed by atoms with Crippen LogP contribution in [0.4, 0.5) is 0 Å². The summed E-state index contributed by atoms with van der Waals surface area (Å²) in [6, 6.07) is 3.88. The number of hydrogen-bond donors (Lipinski definition) is 1. The van der Waals surface area contributed by atoms with E-state index in [1.54, 1.807) is 6.07 Å². The summed E-state index contributed by atoms with van der Waals surface area (Å²) in [5.41, 5.74) is 0. The Bertz CT molecular complexity index is 467. The molecule has 2 rings (SSSR count). The highest BCUT2D eigenvalue weighted by molar-refractivity contribution is 7.94. The van der Waals surface area contributed by atoms with Crippen LogP contribution >= 0.6 is 11.3 Å². The van der Waals surface area contributed by atoms with Crippen molar-refractivity contribution in [1.82, 2.24) is 5.32 Å². The molecule has 3 unspecified atom stereocenters. The van der Waals surface area contributed by atoms with Crippen molar-refractivity contribution in [2.24, 2.45) is 5.92 Å². The van der Waals surface area contributed by atoms with Crippen LogP contribution in [0.3, 0.4) is 0 Å². The molecular weight excluding hydrogens is 266 g/mol. The molecule has 0 bridgehead atoms. The highest BCUT2D eigenvalue weighted by Crippen LogP contribution is 2.35. The van der Waals surface area contributed by atoms with E-state index >= 15 is 0 Å². The third kappa shape index (κ3) is 2.63. The molecule has 1 aromatic heterocycles. The van der Waals surface area contributed by atoms with Gasteiger partial charge in [-0.25, -0.2) is 8.42 Å². The van der Waals surface area contributed by atoms with Crippen molar-refractivity contribution < 1.29 is 8.42 Å². The summed E-state index contributed by atoms with van der Waals surface area (Å²) in [5.74, 6) is 0.198. The number of thiophene rings is 1. The van der Waals surface area contributed by atoms with Crippen molar-refractivity contribution in [1.29, 1.82) is 0 Å². The van der Waals surface area contributed by atoms with Crippen LogP contribution in [0.1, 0.15) is 33.1 Å². The topological polar surface area (TPSA) is 46.2 Å². The van der Waals surface area contributed by atoms with E-state index in [4.69, 9.17) is 0 Å². The van der Waals surface area contributed by atoms with Gasteiger partial charge in [-0.3, -0.25) is 0 Å². The lowest BCUT2D eigenvalue weighted by Gasteiger charge is -2.21.